The first-order valence-electron chi connectivity index (χ1n) is 9.19. The van der Waals surface area contributed by atoms with Crippen LogP contribution in [0.4, 0.5) is 4.39 Å². The Morgan fingerprint density at radius 1 is 0.897 bits per heavy atom. The number of aromatic nitrogens is 4. The van der Waals surface area contributed by atoms with Gasteiger partial charge in [0.25, 0.3) is 0 Å². The molecule has 0 bridgehead atoms. The van der Waals surface area contributed by atoms with Crippen LogP contribution in [0.2, 0.25) is 5.02 Å². The van der Waals surface area contributed by atoms with Crippen molar-refractivity contribution in [3.63, 3.8) is 0 Å². The number of hydrogen-bond donors (Lipinski definition) is 1. The summed E-state index contributed by atoms with van der Waals surface area (Å²) >= 11 is 6.05. The Bertz CT molecular complexity index is 1250. The molecule has 0 fully saturated rings. The van der Waals surface area contributed by atoms with E-state index < -0.39 is 0 Å². The van der Waals surface area contributed by atoms with Crippen LogP contribution in [-0.4, -0.2) is 19.5 Å². The zero-order valence-electron chi connectivity index (χ0n) is 15.3. The molecule has 1 N–H and O–H groups in total. The highest BCUT2D eigenvalue weighted by atomic mass is 35.5. The third-order valence-electron chi connectivity index (χ3n) is 4.79. The molecule has 0 saturated heterocycles. The predicted octanol–water partition coefficient (Wildman–Crippen LogP) is 5.80. The first-order chi connectivity index (χ1) is 14.2. The van der Waals surface area contributed by atoms with Gasteiger partial charge in [-0.05, 0) is 54.1 Å². The molecule has 0 amide bonds. The van der Waals surface area contributed by atoms with E-state index in [1.54, 1.807) is 12.1 Å². The van der Waals surface area contributed by atoms with E-state index in [0.717, 1.165) is 33.8 Å². The van der Waals surface area contributed by atoms with Crippen LogP contribution in [0.25, 0.3) is 28.2 Å². The first kappa shape index (κ1) is 17.6. The van der Waals surface area contributed by atoms with Crippen molar-refractivity contribution in [3.8, 4) is 17.2 Å². The number of H-pyrrole nitrogens is 1. The molecule has 5 rings (SSSR count). The van der Waals surface area contributed by atoms with Crippen LogP contribution in [0.1, 0.15) is 11.4 Å². The van der Waals surface area contributed by atoms with E-state index >= 15 is 0 Å². The molecule has 0 aliphatic heterocycles. The molecule has 4 nitrogen and oxygen atoms in total. The van der Waals surface area contributed by atoms with Gasteiger partial charge in [-0.2, -0.15) is 0 Å². The van der Waals surface area contributed by atoms with Gasteiger partial charge < -0.3 is 9.55 Å². The highest BCUT2D eigenvalue weighted by molar-refractivity contribution is 6.30. The van der Waals surface area contributed by atoms with E-state index in [1.165, 1.54) is 12.1 Å². The Kier molecular flexibility index (Phi) is 4.37. The number of fused-ring (bicyclic) bond motifs is 1. The summed E-state index contributed by atoms with van der Waals surface area (Å²) in [5.41, 5.74) is 4.52. The Labute approximate surface area is 171 Å². The van der Waals surface area contributed by atoms with Gasteiger partial charge in [0.2, 0.25) is 0 Å². The lowest BCUT2D eigenvalue weighted by molar-refractivity contribution is 0.627. The van der Waals surface area contributed by atoms with Crippen molar-refractivity contribution >= 4 is 22.6 Å². The zero-order valence-corrected chi connectivity index (χ0v) is 16.1. The van der Waals surface area contributed by atoms with Gasteiger partial charge in [-0.15, -0.1) is 0 Å². The van der Waals surface area contributed by atoms with Crippen LogP contribution in [-0.2, 0) is 6.42 Å². The molecule has 0 spiro atoms. The molecule has 5 aromatic rings. The monoisotopic (exact) mass is 402 g/mol. The predicted molar refractivity (Wildman–Crippen MR) is 113 cm³/mol. The van der Waals surface area contributed by atoms with Crippen LogP contribution in [0.15, 0.2) is 79.0 Å². The fourth-order valence-electron chi connectivity index (χ4n) is 3.34. The second kappa shape index (κ2) is 7.18. The van der Waals surface area contributed by atoms with Crippen molar-refractivity contribution in [2.24, 2.45) is 0 Å². The van der Waals surface area contributed by atoms with Crippen LogP contribution < -0.4 is 0 Å². The van der Waals surface area contributed by atoms with Crippen molar-refractivity contribution in [2.45, 2.75) is 6.42 Å². The minimum Gasteiger partial charge on any atom is -0.337 e. The average Bonchev–Trinajstić information content (AvgIpc) is 3.34. The number of halogens is 2. The van der Waals surface area contributed by atoms with E-state index in [4.69, 9.17) is 16.6 Å². The van der Waals surface area contributed by atoms with Crippen LogP contribution in [0.3, 0.4) is 0 Å². The van der Waals surface area contributed by atoms with Crippen molar-refractivity contribution in [2.75, 3.05) is 0 Å². The van der Waals surface area contributed by atoms with Gasteiger partial charge in [0, 0.05) is 23.3 Å². The summed E-state index contributed by atoms with van der Waals surface area (Å²) in [5, 5.41) is 0.673. The van der Waals surface area contributed by atoms with E-state index in [1.807, 2.05) is 59.3 Å². The Morgan fingerprint density at radius 3 is 2.41 bits per heavy atom. The van der Waals surface area contributed by atoms with Crippen LogP contribution in [0.5, 0.6) is 0 Å². The van der Waals surface area contributed by atoms with Crippen molar-refractivity contribution < 1.29 is 4.39 Å². The van der Waals surface area contributed by atoms with E-state index in [0.29, 0.717) is 17.3 Å². The summed E-state index contributed by atoms with van der Waals surface area (Å²) in [7, 11) is 0. The summed E-state index contributed by atoms with van der Waals surface area (Å²) in [6.07, 6.45) is 2.52. The number of hydrogen-bond acceptors (Lipinski definition) is 2. The Morgan fingerprint density at radius 2 is 1.66 bits per heavy atom. The molecular formula is C23H16ClFN4. The van der Waals surface area contributed by atoms with Gasteiger partial charge in [-0.1, -0.05) is 35.9 Å². The van der Waals surface area contributed by atoms with E-state index in [2.05, 4.69) is 9.97 Å². The minimum atomic E-state index is -0.252. The smallest absolute Gasteiger partial charge is 0.158 e. The van der Waals surface area contributed by atoms with Gasteiger partial charge in [-0.25, -0.2) is 14.4 Å². The van der Waals surface area contributed by atoms with Crippen molar-refractivity contribution in [1.29, 1.82) is 0 Å². The number of aromatic amines is 1. The van der Waals surface area contributed by atoms with E-state index in [9.17, 15) is 4.39 Å². The average molecular weight is 403 g/mol. The van der Waals surface area contributed by atoms with Crippen molar-refractivity contribution in [1.82, 2.24) is 19.5 Å². The second-order valence-electron chi connectivity index (χ2n) is 6.79. The van der Waals surface area contributed by atoms with Crippen LogP contribution >= 0.6 is 11.6 Å². The summed E-state index contributed by atoms with van der Waals surface area (Å²) < 4.78 is 15.3. The van der Waals surface area contributed by atoms with Gasteiger partial charge in [0.15, 0.2) is 5.82 Å². The number of rotatable bonds is 4. The number of imidazole rings is 2. The maximum absolute atomic E-state index is 13.3. The lowest BCUT2D eigenvalue weighted by Crippen LogP contribution is -2.01. The number of nitrogens with zero attached hydrogens (tertiary/aromatic N) is 3. The molecular weight excluding hydrogens is 387 g/mol. The zero-order chi connectivity index (χ0) is 19.8. The van der Waals surface area contributed by atoms with Crippen molar-refractivity contribution in [3.05, 3.63) is 101 Å². The minimum absolute atomic E-state index is 0.252. The molecule has 2 aromatic heterocycles. The van der Waals surface area contributed by atoms with Gasteiger partial charge in [-0.3, -0.25) is 0 Å². The molecule has 6 heteroatoms. The third kappa shape index (κ3) is 3.52. The normalized spacial score (nSPS) is 11.2. The topological polar surface area (TPSA) is 46.5 Å². The Hall–Kier alpha value is -3.44. The molecule has 0 aliphatic carbocycles. The second-order valence-corrected chi connectivity index (χ2v) is 7.23. The molecule has 0 radical (unpaired) electrons. The summed E-state index contributed by atoms with van der Waals surface area (Å²) in [6.45, 7) is 0. The molecule has 29 heavy (non-hydrogen) atoms. The number of para-hydroxylation sites is 2. The molecule has 0 aliphatic rings. The molecule has 0 unspecified atom stereocenters. The lowest BCUT2D eigenvalue weighted by atomic mass is 10.1. The highest BCUT2D eigenvalue weighted by Gasteiger charge is 2.15. The number of benzene rings is 3. The quantitative estimate of drug-likeness (QED) is 0.413. The first-order valence-corrected chi connectivity index (χ1v) is 9.57. The third-order valence-corrected chi connectivity index (χ3v) is 5.04. The molecule has 142 valence electrons. The SMILES string of the molecule is Fc1ccc(Cc2nc(-c3nc4ccccc4[nH]3)cn2-c2ccc(Cl)cc2)cc1. The van der Waals surface area contributed by atoms with Gasteiger partial charge >= 0.3 is 0 Å². The standard InChI is InChI=1S/C23H16ClFN4/c24-16-7-11-18(12-8-16)29-14-21(23-27-19-3-1-2-4-20(19)28-23)26-22(29)13-15-5-9-17(25)10-6-15/h1-12,14H,13H2,(H,27,28). The maximum Gasteiger partial charge on any atom is 0.158 e. The summed E-state index contributed by atoms with van der Waals surface area (Å²) in [4.78, 5) is 12.8. The number of nitrogens with one attached hydrogen (secondary N) is 1. The molecule has 0 atom stereocenters. The van der Waals surface area contributed by atoms with Gasteiger partial charge in [0.05, 0.1) is 11.0 Å². The molecule has 2 heterocycles. The summed E-state index contributed by atoms with van der Waals surface area (Å²) in [5.74, 6) is 1.28. The highest BCUT2D eigenvalue weighted by Crippen LogP contribution is 2.24. The fourth-order valence-corrected chi connectivity index (χ4v) is 3.47. The lowest BCUT2D eigenvalue weighted by Gasteiger charge is -2.08. The Balaban J connectivity index is 1.61. The maximum atomic E-state index is 13.3. The molecule has 0 saturated carbocycles. The molecule has 3 aromatic carbocycles. The van der Waals surface area contributed by atoms with E-state index in [-0.39, 0.29) is 5.82 Å². The summed E-state index contributed by atoms with van der Waals surface area (Å²) in [6, 6.07) is 21.9. The van der Waals surface area contributed by atoms with Crippen LogP contribution in [0, 0.1) is 5.82 Å². The fraction of sp³-hybridized carbons (Fsp3) is 0.0435. The largest absolute Gasteiger partial charge is 0.337 e. The van der Waals surface area contributed by atoms with Gasteiger partial charge in [0.1, 0.15) is 17.3 Å².